The van der Waals surface area contributed by atoms with Crippen molar-refractivity contribution in [2.45, 2.75) is 18.6 Å². The Morgan fingerprint density at radius 1 is 0.966 bits per heavy atom. The van der Waals surface area contributed by atoms with Crippen LogP contribution in [0.4, 0.5) is 0 Å². The van der Waals surface area contributed by atoms with E-state index < -0.39 is 0 Å². The highest BCUT2D eigenvalue weighted by Gasteiger charge is 2.41. The summed E-state index contributed by atoms with van der Waals surface area (Å²) in [5.41, 5.74) is 3.22. The molecule has 1 fully saturated rings. The smallest absolute Gasteiger partial charge is 0.170 e. The quantitative estimate of drug-likeness (QED) is 0.495. The number of thiocarbonyl (C=S) groups is 1. The Morgan fingerprint density at radius 2 is 1.83 bits per heavy atom. The first kappa shape index (κ1) is 17.7. The van der Waals surface area contributed by atoms with Crippen molar-refractivity contribution in [1.29, 1.82) is 0 Å². The highest BCUT2D eigenvalue weighted by molar-refractivity contribution is 7.80. The average molecular weight is 401 g/mol. The highest BCUT2D eigenvalue weighted by Crippen LogP contribution is 2.40. The van der Waals surface area contributed by atoms with Crippen LogP contribution in [0.5, 0.6) is 0 Å². The third kappa shape index (κ3) is 3.32. The summed E-state index contributed by atoms with van der Waals surface area (Å²) in [7, 11) is 0. The maximum Gasteiger partial charge on any atom is 0.170 e. The summed E-state index contributed by atoms with van der Waals surface area (Å²) in [5.74, 6) is 0.874. The minimum absolute atomic E-state index is 0.0299. The third-order valence-electron chi connectivity index (χ3n) is 5.22. The lowest BCUT2D eigenvalue weighted by atomic mass is 10.0. The van der Waals surface area contributed by atoms with Gasteiger partial charge >= 0.3 is 0 Å². The van der Waals surface area contributed by atoms with Gasteiger partial charge in [-0.15, -0.1) is 0 Å². The normalized spacial score (nSPS) is 18.8. The Morgan fingerprint density at radius 3 is 2.59 bits per heavy atom. The van der Waals surface area contributed by atoms with Gasteiger partial charge in [-0.05, 0) is 60.7 Å². The van der Waals surface area contributed by atoms with Gasteiger partial charge in [-0.25, -0.2) is 0 Å². The topological polar surface area (TPSA) is 46.2 Å². The van der Waals surface area contributed by atoms with Crippen molar-refractivity contribution in [3.8, 4) is 5.69 Å². The summed E-state index contributed by atoms with van der Waals surface area (Å²) < 4.78 is 7.83. The lowest BCUT2D eigenvalue weighted by molar-refractivity contribution is 0.280. The number of furan rings is 1. The zero-order chi connectivity index (χ0) is 19.6. The number of aromatic nitrogens is 2. The summed E-state index contributed by atoms with van der Waals surface area (Å²) in [6.45, 7) is 0.590. The summed E-state index contributed by atoms with van der Waals surface area (Å²) in [5, 5.41) is 4.19. The number of rotatable bonds is 5. The summed E-state index contributed by atoms with van der Waals surface area (Å²) in [4.78, 5) is 6.79. The van der Waals surface area contributed by atoms with Gasteiger partial charge in [0.25, 0.3) is 0 Å². The van der Waals surface area contributed by atoms with E-state index in [1.54, 1.807) is 6.26 Å². The Bertz CT molecular complexity index is 1090. The van der Waals surface area contributed by atoms with Crippen LogP contribution in [0.25, 0.3) is 5.69 Å². The predicted molar refractivity (Wildman–Crippen MR) is 115 cm³/mol. The Hall–Kier alpha value is -3.38. The molecule has 3 aromatic heterocycles. The summed E-state index contributed by atoms with van der Waals surface area (Å²) >= 11 is 5.74. The van der Waals surface area contributed by atoms with Crippen LogP contribution in [0, 0.1) is 0 Å². The fraction of sp³-hybridized carbons (Fsp3) is 0.130. The lowest BCUT2D eigenvalue weighted by Crippen LogP contribution is -2.29. The fourth-order valence-electron chi connectivity index (χ4n) is 3.93. The minimum atomic E-state index is -0.0592. The number of hydrogen-bond acceptors (Lipinski definition) is 3. The number of nitrogens with zero attached hydrogens (tertiary/aromatic N) is 3. The first-order chi connectivity index (χ1) is 14.3. The van der Waals surface area contributed by atoms with Crippen molar-refractivity contribution in [1.82, 2.24) is 19.8 Å². The Balaban J connectivity index is 1.61. The number of para-hydroxylation sites is 1. The first-order valence-corrected chi connectivity index (χ1v) is 9.95. The molecule has 144 valence electrons. The highest BCUT2D eigenvalue weighted by atomic mass is 32.1. The first-order valence-electron chi connectivity index (χ1n) is 9.54. The molecule has 0 radical (unpaired) electrons. The van der Waals surface area contributed by atoms with Gasteiger partial charge < -0.3 is 19.2 Å². The zero-order valence-corrected chi connectivity index (χ0v) is 16.5. The molecule has 5 rings (SSSR count). The average Bonchev–Trinajstić information content (AvgIpc) is 3.51. The number of benzene rings is 1. The number of pyridine rings is 1. The second kappa shape index (κ2) is 7.56. The molecule has 1 aliphatic rings. The molecule has 5 nitrogen and oxygen atoms in total. The number of nitrogens with one attached hydrogen (secondary N) is 1. The van der Waals surface area contributed by atoms with Gasteiger partial charge in [-0.3, -0.25) is 4.98 Å². The molecule has 1 aromatic carbocycles. The molecule has 4 heterocycles. The molecule has 0 saturated carbocycles. The van der Waals surface area contributed by atoms with Gasteiger partial charge in [0.05, 0.1) is 30.6 Å². The van der Waals surface area contributed by atoms with Crippen LogP contribution >= 0.6 is 12.2 Å². The van der Waals surface area contributed by atoms with Crippen molar-refractivity contribution in [2.75, 3.05) is 0 Å². The van der Waals surface area contributed by atoms with Gasteiger partial charge in [0, 0.05) is 23.8 Å². The van der Waals surface area contributed by atoms with Crippen LogP contribution in [-0.4, -0.2) is 19.6 Å². The zero-order valence-electron chi connectivity index (χ0n) is 15.7. The molecule has 0 amide bonds. The molecule has 2 atom stereocenters. The van der Waals surface area contributed by atoms with Crippen molar-refractivity contribution in [2.24, 2.45) is 0 Å². The van der Waals surface area contributed by atoms with Crippen molar-refractivity contribution < 1.29 is 4.42 Å². The van der Waals surface area contributed by atoms with E-state index in [4.69, 9.17) is 16.6 Å². The van der Waals surface area contributed by atoms with E-state index >= 15 is 0 Å². The molecule has 1 N–H and O–H groups in total. The van der Waals surface area contributed by atoms with Crippen LogP contribution in [0.1, 0.15) is 29.2 Å². The van der Waals surface area contributed by atoms with Crippen LogP contribution in [0.3, 0.4) is 0 Å². The van der Waals surface area contributed by atoms with E-state index in [0.717, 1.165) is 22.8 Å². The van der Waals surface area contributed by atoms with Crippen LogP contribution in [0.15, 0.2) is 95.9 Å². The largest absolute Gasteiger partial charge is 0.467 e. The standard InChI is InChI=1S/C23H20N4OS/c29-23-25-21(19-11-4-5-13-24-19)22(27(23)16-18-10-7-15-28-18)20-12-6-14-26(20)17-8-2-1-3-9-17/h1-15,21-22H,16H2,(H,25,29)/t21-,22-/m1/s1. The number of hydrogen-bond donors (Lipinski definition) is 1. The molecule has 1 saturated heterocycles. The maximum atomic E-state index is 5.74. The molecule has 29 heavy (non-hydrogen) atoms. The molecule has 0 spiro atoms. The molecule has 4 aromatic rings. The second-order valence-corrected chi connectivity index (χ2v) is 7.36. The van der Waals surface area contributed by atoms with Crippen molar-refractivity contribution in [3.63, 3.8) is 0 Å². The van der Waals surface area contributed by atoms with E-state index in [9.17, 15) is 0 Å². The molecule has 0 aliphatic carbocycles. The summed E-state index contributed by atoms with van der Waals surface area (Å²) in [6, 6.07) is 24.3. The van der Waals surface area contributed by atoms with Crippen molar-refractivity contribution in [3.05, 3.63) is 109 Å². The van der Waals surface area contributed by atoms with Gasteiger partial charge in [0.15, 0.2) is 5.11 Å². The van der Waals surface area contributed by atoms with E-state index in [2.05, 4.69) is 50.2 Å². The van der Waals surface area contributed by atoms with E-state index in [1.807, 2.05) is 54.7 Å². The van der Waals surface area contributed by atoms with Crippen LogP contribution < -0.4 is 5.32 Å². The third-order valence-corrected chi connectivity index (χ3v) is 5.57. The van der Waals surface area contributed by atoms with Crippen LogP contribution in [-0.2, 0) is 6.54 Å². The molecule has 0 bridgehead atoms. The maximum absolute atomic E-state index is 5.74. The van der Waals surface area contributed by atoms with Crippen molar-refractivity contribution >= 4 is 17.3 Å². The van der Waals surface area contributed by atoms with E-state index in [1.165, 1.54) is 0 Å². The minimum Gasteiger partial charge on any atom is -0.467 e. The molecule has 6 heteroatoms. The Labute approximate surface area is 174 Å². The Kier molecular flexibility index (Phi) is 4.62. The molecule has 1 aliphatic heterocycles. The van der Waals surface area contributed by atoms with Gasteiger partial charge in [0.1, 0.15) is 5.76 Å². The van der Waals surface area contributed by atoms with E-state index in [0.29, 0.717) is 11.7 Å². The van der Waals surface area contributed by atoms with Gasteiger partial charge in [-0.2, -0.15) is 0 Å². The van der Waals surface area contributed by atoms with E-state index in [-0.39, 0.29) is 12.1 Å². The second-order valence-electron chi connectivity index (χ2n) is 6.97. The molecular weight excluding hydrogens is 380 g/mol. The SMILES string of the molecule is S=C1N[C@H](c2ccccn2)[C@@H](c2cccn2-c2ccccc2)N1Cc1ccco1. The summed E-state index contributed by atoms with van der Waals surface area (Å²) in [6.07, 6.45) is 5.61. The fourth-order valence-corrected chi connectivity index (χ4v) is 4.23. The monoisotopic (exact) mass is 400 g/mol. The van der Waals surface area contributed by atoms with Gasteiger partial charge in [0.2, 0.25) is 0 Å². The van der Waals surface area contributed by atoms with Crippen LogP contribution in [0.2, 0.25) is 0 Å². The lowest BCUT2D eigenvalue weighted by Gasteiger charge is -2.28. The van der Waals surface area contributed by atoms with Gasteiger partial charge in [-0.1, -0.05) is 24.3 Å². The molecular formula is C23H20N4OS. The molecule has 0 unspecified atom stereocenters. The predicted octanol–water partition coefficient (Wildman–Crippen LogP) is 4.64.